The van der Waals surface area contributed by atoms with Crippen molar-refractivity contribution in [3.63, 3.8) is 0 Å². The lowest BCUT2D eigenvalue weighted by Gasteiger charge is -2.17. The molecule has 1 aliphatic heterocycles. The maximum absolute atomic E-state index is 13.2. The Morgan fingerprint density at radius 3 is 2.90 bits per heavy atom. The number of ether oxygens (including phenoxy) is 1. The molecule has 2 nitrogen and oxygen atoms in total. The van der Waals surface area contributed by atoms with Crippen molar-refractivity contribution in [1.29, 1.82) is 0 Å². The zero-order valence-electron chi connectivity index (χ0n) is 11.6. The van der Waals surface area contributed by atoms with Gasteiger partial charge in [0.25, 0.3) is 0 Å². The standard InChI is InChI=1S/C17H17ClFNO/c18-16-4-2-1-3-11(16)8-14(20)10-15-9-12-7-13(19)5-6-17(12)21-15/h1-7,14-15H,8-10,20H2. The van der Waals surface area contributed by atoms with Crippen LogP contribution in [0.15, 0.2) is 42.5 Å². The van der Waals surface area contributed by atoms with Crippen molar-refractivity contribution in [1.82, 2.24) is 0 Å². The smallest absolute Gasteiger partial charge is 0.123 e. The highest BCUT2D eigenvalue weighted by Gasteiger charge is 2.25. The Morgan fingerprint density at radius 2 is 2.10 bits per heavy atom. The van der Waals surface area contributed by atoms with E-state index in [4.69, 9.17) is 22.1 Å². The molecule has 0 fully saturated rings. The lowest BCUT2D eigenvalue weighted by molar-refractivity contribution is 0.210. The third-order valence-electron chi connectivity index (χ3n) is 3.77. The molecule has 2 N–H and O–H groups in total. The van der Waals surface area contributed by atoms with E-state index in [0.717, 1.165) is 28.3 Å². The van der Waals surface area contributed by atoms with E-state index < -0.39 is 0 Å². The van der Waals surface area contributed by atoms with Crippen LogP contribution in [0.4, 0.5) is 4.39 Å². The van der Waals surface area contributed by atoms with E-state index in [1.807, 2.05) is 24.3 Å². The summed E-state index contributed by atoms with van der Waals surface area (Å²) in [5, 5.41) is 0.741. The highest BCUT2D eigenvalue weighted by Crippen LogP contribution is 2.31. The van der Waals surface area contributed by atoms with Gasteiger partial charge >= 0.3 is 0 Å². The number of rotatable bonds is 4. The van der Waals surface area contributed by atoms with E-state index in [-0.39, 0.29) is 18.0 Å². The monoisotopic (exact) mass is 305 g/mol. The Labute approximate surface area is 128 Å². The summed E-state index contributed by atoms with van der Waals surface area (Å²) < 4.78 is 19.0. The van der Waals surface area contributed by atoms with Crippen LogP contribution in [0.1, 0.15) is 17.5 Å². The number of benzene rings is 2. The fourth-order valence-corrected chi connectivity index (χ4v) is 3.00. The highest BCUT2D eigenvalue weighted by atomic mass is 35.5. The SMILES string of the molecule is NC(Cc1ccccc1Cl)CC1Cc2cc(F)ccc2O1. The van der Waals surface area contributed by atoms with Crippen LogP contribution in [0.3, 0.4) is 0 Å². The summed E-state index contributed by atoms with van der Waals surface area (Å²) in [6, 6.07) is 12.3. The van der Waals surface area contributed by atoms with Crippen molar-refractivity contribution < 1.29 is 9.13 Å². The first-order chi connectivity index (χ1) is 10.1. The van der Waals surface area contributed by atoms with Gasteiger partial charge in [-0.3, -0.25) is 0 Å². The van der Waals surface area contributed by atoms with Crippen molar-refractivity contribution in [2.24, 2.45) is 5.73 Å². The molecule has 2 unspecified atom stereocenters. The molecule has 2 aromatic rings. The molecule has 0 spiro atoms. The number of fused-ring (bicyclic) bond motifs is 1. The summed E-state index contributed by atoms with van der Waals surface area (Å²) in [6.45, 7) is 0. The lowest BCUT2D eigenvalue weighted by atomic mass is 9.99. The fraction of sp³-hybridized carbons (Fsp3) is 0.294. The predicted octanol–water partition coefficient (Wildman–Crippen LogP) is 3.74. The van der Waals surface area contributed by atoms with Gasteiger partial charge in [0.15, 0.2) is 0 Å². The fourth-order valence-electron chi connectivity index (χ4n) is 2.79. The minimum Gasteiger partial charge on any atom is -0.490 e. The van der Waals surface area contributed by atoms with Gasteiger partial charge in [-0.15, -0.1) is 0 Å². The third kappa shape index (κ3) is 3.36. The largest absolute Gasteiger partial charge is 0.490 e. The number of nitrogens with two attached hydrogens (primary N) is 1. The second-order valence-electron chi connectivity index (χ2n) is 5.49. The van der Waals surface area contributed by atoms with Gasteiger partial charge in [0, 0.05) is 29.5 Å². The van der Waals surface area contributed by atoms with Gasteiger partial charge in [0.1, 0.15) is 17.7 Å². The molecule has 1 aliphatic rings. The van der Waals surface area contributed by atoms with Crippen molar-refractivity contribution in [3.8, 4) is 5.75 Å². The molecule has 0 aliphatic carbocycles. The predicted molar refractivity (Wildman–Crippen MR) is 82.3 cm³/mol. The van der Waals surface area contributed by atoms with Crippen LogP contribution < -0.4 is 10.5 Å². The Morgan fingerprint density at radius 1 is 1.29 bits per heavy atom. The second kappa shape index (κ2) is 6.04. The first-order valence-corrected chi connectivity index (χ1v) is 7.43. The van der Waals surface area contributed by atoms with E-state index in [2.05, 4.69) is 0 Å². The molecule has 4 heteroatoms. The maximum Gasteiger partial charge on any atom is 0.123 e. The van der Waals surface area contributed by atoms with Crippen LogP contribution in [-0.2, 0) is 12.8 Å². The second-order valence-corrected chi connectivity index (χ2v) is 5.89. The molecule has 0 radical (unpaired) electrons. The summed E-state index contributed by atoms with van der Waals surface area (Å²) in [5.41, 5.74) is 8.18. The van der Waals surface area contributed by atoms with Crippen LogP contribution in [0.2, 0.25) is 5.02 Å². The minimum atomic E-state index is -0.224. The van der Waals surface area contributed by atoms with Crippen LogP contribution >= 0.6 is 11.6 Å². The van der Waals surface area contributed by atoms with Crippen molar-refractivity contribution in [3.05, 3.63) is 64.4 Å². The minimum absolute atomic E-state index is 0.0132. The van der Waals surface area contributed by atoms with Gasteiger partial charge in [-0.1, -0.05) is 29.8 Å². The van der Waals surface area contributed by atoms with E-state index >= 15 is 0 Å². The molecule has 1 heterocycles. The van der Waals surface area contributed by atoms with Gasteiger partial charge < -0.3 is 10.5 Å². The molecule has 21 heavy (non-hydrogen) atoms. The van der Waals surface area contributed by atoms with Crippen molar-refractivity contribution >= 4 is 11.6 Å². The molecule has 0 amide bonds. The zero-order valence-corrected chi connectivity index (χ0v) is 12.3. The molecule has 110 valence electrons. The molecular formula is C17H17ClFNO. The normalized spacial score (nSPS) is 18.1. The Bertz CT molecular complexity index is 646. The third-order valence-corrected chi connectivity index (χ3v) is 4.14. The Hall–Kier alpha value is -1.58. The van der Waals surface area contributed by atoms with Gasteiger partial charge in [-0.25, -0.2) is 4.39 Å². The van der Waals surface area contributed by atoms with E-state index in [9.17, 15) is 4.39 Å². The lowest BCUT2D eigenvalue weighted by Crippen LogP contribution is -2.30. The highest BCUT2D eigenvalue weighted by molar-refractivity contribution is 6.31. The summed E-state index contributed by atoms with van der Waals surface area (Å²) in [5.74, 6) is 0.546. The van der Waals surface area contributed by atoms with Gasteiger partial charge in [-0.05, 0) is 36.2 Å². The average molecular weight is 306 g/mol. The molecule has 0 bridgehead atoms. The van der Waals surface area contributed by atoms with Crippen LogP contribution in [0.25, 0.3) is 0 Å². The Kier molecular flexibility index (Phi) is 4.13. The van der Waals surface area contributed by atoms with E-state index in [1.54, 1.807) is 6.07 Å². The summed E-state index contributed by atoms with van der Waals surface area (Å²) in [7, 11) is 0. The topological polar surface area (TPSA) is 35.2 Å². The molecule has 3 rings (SSSR count). The van der Waals surface area contributed by atoms with E-state index in [1.165, 1.54) is 12.1 Å². The number of hydrogen-bond donors (Lipinski definition) is 1. The van der Waals surface area contributed by atoms with Crippen LogP contribution in [0.5, 0.6) is 5.75 Å². The van der Waals surface area contributed by atoms with Crippen LogP contribution in [0, 0.1) is 5.82 Å². The Balaban J connectivity index is 1.60. The number of halogens is 2. The number of hydrogen-bond acceptors (Lipinski definition) is 2. The first-order valence-electron chi connectivity index (χ1n) is 7.06. The molecule has 2 atom stereocenters. The summed E-state index contributed by atoms with van der Waals surface area (Å²) in [4.78, 5) is 0. The summed E-state index contributed by atoms with van der Waals surface area (Å²) in [6.07, 6.45) is 2.16. The summed E-state index contributed by atoms with van der Waals surface area (Å²) >= 11 is 6.15. The van der Waals surface area contributed by atoms with Gasteiger partial charge in [0.2, 0.25) is 0 Å². The van der Waals surface area contributed by atoms with Gasteiger partial charge in [-0.2, -0.15) is 0 Å². The molecule has 0 aromatic heterocycles. The molecular weight excluding hydrogens is 289 g/mol. The zero-order chi connectivity index (χ0) is 14.8. The quantitative estimate of drug-likeness (QED) is 0.934. The van der Waals surface area contributed by atoms with Gasteiger partial charge in [0.05, 0.1) is 0 Å². The van der Waals surface area contributed by atoms with Crippen LogP contribution in [-0.4, -0.2) is 12.1 Å². The maximum atomic E-state index is 13.2. The molecule has 0 saturated carbocycles. The first kappa shape index (κ1) is 14.4. The molecule has 0 saturated heterocycles. The average Bonchev–Trinajstić information content (AvgIpc) is 2.82. The van der Waals surface area contributed by atoms with E-state index in [0.29, 0.717) is 12.8 Å². The van der Waals surface area contributed by atoms with Crippen molar-refractivity contribution in [2.75, 3.05) is 0 Å². The molecule has 2 aromatic carbocycles. The van der Waals surface area contributed by atoms with Crippen molar-refractivity contribution in [2.45, 2.75) is 31.4 Å².